The standard InChI is InChI=1S/C23H18N2O3/c1-15-7-6-10-20-21(15)23(27)25(18-8-4-3-5-9-18)22(24-20)17-11-13-19(14-12-17)28-16(2)26/h3-14H,1-2H3. The van der Waals surface area contributed by atoms with Gasteiger partial charge in [0.15, 0.2) is 0 Å². The van der Waals surface area contributed by atoms with Gasteiger partial charge in [-0.05, 0) is 55.0 Å². The van der Waals surface area contributed by atoms with E-state index in [0.717, 1.165) is 16.8 Å². The molecule has 0 atom stereocenters. The zero-order valence-electron chi connectivity index (χ0n) is 15.5. The molecule has 4 rings (SSSR count). The summed E-state index contributed by atoms with van der Waals surface area (Å²) in [5, 5.41) is 0.603. The van der Waals surface area contributed by atoms with Gasteiger partial charge in [0, 0.05) is 12.5 Å². The van der Waals surface area contributed by atoms with E-state index in [0.29, 0.717) is 22.5 Å². The molecule has 0 unspecified atom stereocenters. The van der Waals surface area contributed by atoms with Crippen LogP contribution in [-0.2, 0) is 4.79 Å². The van der Waals surface area contributed by atoms with Crippen molar-refractivity contribution in [2.45, 2.75) is 13.8 Å². The Morgan fingerprint density at radius 3 is 2.32 bits per heavy atom. The SMILES string of the molecule is CC(=O)Oc1ccc(-c2nc3cccc(C)c3c(=O)n2-c2ccccc2)cc1. The minimum atomic E-state index is -0.381. The summed E-state index contributed by atoms with van der Waals surface area (Å²) in [6, 6.07) is 22.1. The van der Waals surface area contributed by atoms with Gasteiger partial charge >= 0.3 is 5.97 Å². The van der Waals surface area contributed by atoms with Crippen LogP contribution in [0.4, 0.5) is 0 Å². The van der Waals surface area contributed by atoms with E-state index < -0.39 is 0 Å². The summed E-state index contributed by atoms with van der Waals surface area (Å²) in [6.07, 6.45) is 0. The average Bonchev–Trinajstić information content (AvgIpc) is 2.68. The summed E-state index contributed by atoms with van der Waals surface area (Å²) in [4.78, 5) is 29.3. The molecule has 0 fully saturated rings. The van der Waals surface area contributed by atoms with Gasteiger partial charge in [0.05, 0.1) is 16.6 Å². The van der Waals surface area contributed by atoms with E-state index in [1.165, 1.54) is 6.92 Å². The molecule has 1 heterocycles. The number of esters is 1. The summed E-state index contributed by atoms with van der Waals surface area (Å²) in [6.45, 7) is 3.27. The summed E-state index contributed by atoms with van der Waals surface area (Å²) in [5.74, 6) is 0.596. The molecule has 5 heteroatoms. The van der Waals surface area contributed by atoms with Gasteiger partial charge in [0.25, 0.3) is 5.56 Å². The van der Waals surface area contributed by atoms with E-state index in [1.807, 2.05) is 55.5 Å². The molecule has 0 saturated heterocycles. The number of ether oxygens (including phenoxy) is 1. The van der Waals surface area contributed by atoms with Crippen molar-refractivity contribution in [2.24, 2.45) is 0 Å². The van der Waals surface area contributed by atoms with Crippen LogP contribution in [-0.4, -0.2) is 15.5 Å². The molecule has 0 aliphatic heterocycles. The van der Waals surface area contributed by atoms with Crippen molar-refractivity contribution in [3.8, 4) is 22.8 Å². The first-order valence-electron chi connectivity index (χ1n) is 8.91. The third-order valence-electron chi connectivity index (χ3n) is 4.49. The Balaban J connectivity index is 1.99. The van der Waals surface area contributed by atoms with Crippen molar-refractivity contribution in [1.82, 2.24) is 9.55 Å². The highest BCUT2D eigenvalue weighted by atomic mass is 16.5. The number of hydrogen-bond donors (Lipinski definition) is 0. The monoisotopic (exact) mass is 370 g/mol. The number of carbonyl (C=O) groups excluding carboxylic acids is 1. The highest BCUT2D eigenvalue weighted by Gasteiger charge is 2.15. The second-order valence-corrected chi connectivity index (χ2v) is 6.50. The van der Waals surface area contributed by atoms with Crippen LogP contribution in [0.1, 0.15) is 12.5 Å². The van der Waals surface area contributed by atoms with Crippen LogP contribution >= 0.6 is 0 Å². The highest BCUT2D eigenvalue weighted by molar-refractivity contribution is 5.83. The van der Waals surface area contributed by atoms with Gasteiger partial charge < -0.3 is 4.74 Å². The lowest BCUT2D eigenvalue weighted by Gasteiger charge is -2.15. The smallest absolute Gasteiger partial charge is 0.308 e. The molecule has 0 amide bonds. The Hall–Kier alpha value is -3.73. The van der Waals surface area contributed by atoms with Gasteiger partial charge in [-0.25, -0.2) is 4.98 Å². The molecule has 0 bridgehead atoms. The van der Waals surface area contributed by atoms with Crippen molar-refractivity contribution in [2.75, 3.05) is 0 Å². The Morgan fingerprint density at radius 1 is 0.929 bits per heavy atom. The van der Waals surface area contributed by atoms with Gasteiger partial charge in [-0.15, -0.1) is 0 Å². The molecule has 138 valence electrons. The lowest BCUT2D eigenvalue weighted by molar-refractivity contribution is -0.131. The van der Waals surface area contributed by atoms with E-state index in [1.54, 1.807) is 28.8 Å². The van der Waals surface area contributed by atoms with Crippen LogP contribution in [0, 0.1) is 6.92 Å². The quantitative estimate of drug-likeness (QED) is 0.399. The number of carbonyl (C=O) groups is 1. The van der Waals surface area contributed by atoms with Crippen LogP contribution in [0.25, 0.3) is 28.0 Å². The fourth-order valence-corrected chi connectivity index (χ4v) is 3.24. The van der Waals surface area contributed by atoms with Gasteiger partial charge in [-0.3, -0.25) is 14.2 Å². The number of fused-ring (bicyclic) bond motifs is 1. The van der Waals surface area contributed by atoms with Crippen molar-refractivity contribution in [3.63, 3.8) is 0 Å². The second-order valence-electron chi connectivity index (χ2n) is 6.50. The van der Waals surface area contributed by atoms with Crippen molar-refractivity contribution in [1.29, 1.82) is 0 Å². The molecule has 5 nitrogen and oxygen atoms in total. The first-order chi connectivity index (χ1) is 13.5. The molecular formula is C23H18N2O3. The molecule has 3 aromatic carbocycles. The lowest BCUT2D eigenvalue weighted by atomic mass is 10.1. The van der Waals surface area contributed by atoms with Crippen LogP contribution in [0.5, 0.6) is 5.75 Å². The molecule has 0 spiro atoms. The minimum Gasteiger partial charge on any atom is -0.427 e. The number of aryl methyl sites for hydroxylation is 1. The van der Waals surface area contributed by atoms with Crippen LogP contribution in [0.3, 0.4) is 0 Å². The van der Waals surface area contributed by atoms with E-state index in [9.17, 15) is 9.59 Å². The fraction of sp³-hybridized carbons (Fsp3) is 0.0870. The summed E-state index contributed by atoms with van der Waals surface area (Å²) < 4.78 is 6.72. The summed E-state index contributed by atoms with van der Waals surface area (Å²) >= 11 is 0. The number of hydrogen-bond acceptors (Lipinski definition) is 4. The van der Waals surface area contributed by atoms with Crippen LogP contribution < -0.4 is 10.3 Å². The van der Waals surface area contributed by atoms with Crippen LogP contribution in [0.2, 0.25) is 0 Å². The molecule has 4 aromatic rings. The predicted octanol–water partition coefficient (Wildman–Crippen LogP) is 4.29. The number of rotatable bonds is 3. The highest BCUT2D eigenvalue weighted by Crippen LogP contribution is 2.25. The number of nitrogens with zero attached hydrogens (tertiary/aromatic N) is 2. The van der Waals surface area contributed by atoms with Crippen LogP contribution in [0.15, 0.2) is 77.6 Å². The van der Waals surface area contributed by atoms with Gasteiger partial charge in [0.1, 0.15) is 11.6 Å². The zero-order valence-corrected chi connectivity index (χ0v) is 15.5. The second kappa shape index (κ2) is 7.12. The maximum Gasteiger partial charge on any atom is 0.308 e. The molecule has 0 aliphatic carbocycles. The number of aromatic nitrogens is 2. The van der Waals surface area contributed by atoms with E-state index in [-0.39, 0.29) is 11.5 Å². The molecule has 0 saturated carbocycles. The molecule has 0 aliphatic rings. The summed E-state index contributed by atoms with van der Waals surface area (Å²) in [5.41, 5.74) is 2.91. The third-order valence-corrected chi connectivity index (χ3v) is 4.49. The molecule has 0 radical (unpaired) electrons. The van der Waals surface area contributed by atoms with Crippen molar-refractivity contribution < 1.29 is 9.53 Å². The van der Waals surface area contributed by atoms with E-state index in [2.05, 4.69) is 0 Å². The molecule has 1 aromatic heterocycles. The zero-order chi connectivity index (χ0) is 19.7. The third kappa shape index (κ3) is 3.18. The van der Waals surface area contributed by atoms with E-state index >= 15 is 0 Å². The minimum absolute atomic E-state index is 0.117. The van der Waals surface area contributed by atoms with E-state index in [4.69, 9.17) is 9.72 Å². The topological polar surface area (TPSA) is 61.2 Å². The van der Waals surface area contributed by atoms with Gasteiger partial charge in [0.2, 0.25) is 0 Å². The first-order valence-corrected chi connectivity index (χ1v) is 8.91. The van der Waals surface area contributed by atoms with Gasteiger partial charge in [-0.1, -0.05) is 30.3 Å². The Kier molecular flexibility index (Phi) is 4.49. The first kappa shape index (κ1) is 17.7. The Morgan fingerprint density at radius 2 is 1.64 bits per heavy atom. The fourth-order valence-electron chi connectivity index (χ4n) is 3.24. The van der Waals surface area contributed by atoms with Gasteiger partial charge in [-0.2, -0.15) is 0 Å². The summed E-state index contributed by atoms with van der Waals surface area (Å²) in [7, 11) is 0. The maximum atomic E-state index is 13.4. The molecule has 0 N–H and O–H groups in total. The normalized spacial score (nSPS) is 10.8. The average molecular weight is 370 g/mol. The maximum absolute atomic E-state index is 13.4. The molecule has 28 heavy (non-hydrogen) atoms. The largest absolute Gasteiger partial charge is 0.427 e. The Labute approximate surface area is 161 Å². The number of para-hydroxylation sites is 1. The lowest BCUT2D eigenvalue weighted by Crippen LogP contribution is -2.22. The molecular weight excluding hydrogens is 352 g/mol. The Bertz CT molecular complexity index is 1230. The van der Waals surface area contributed by atoms with Crippen molar-refractivity contribution in [3.05, 3.63) is 88.7 Å². The number of benzene rings is 3. The predicted molar refractivity (Wildman–Crippen MR) is 109 cm³/mol. The van der Waals surface area contributed by atoms with Crippen molar-refractivity contribution >= 4 is 16.9 Å².